The molecule has 3 unspecified atom stereocenters. The number of fused-ring (bicyclic) bond motifs is 1. The Morgan fingerprint density at radius 1 is 1.26 bits per heavy atom. The van der Waals surface area contributed by atoms with E-state index in [1.165, 1.54) is 6.92 Å². The van der Waals surface area contributed by atoms with Crippen LogP contribution >= 0.6 is 0 Å². The van der Waals surface area contributed by atoms with E-state index < -0.39 is 5.67 Å². The molecule has 0 radical (unpaired) electrons. The summed E-state index contributed by atoms with van der Waals surface area (Å²) in [5, 5.41) is 0. The molecule has 0 aromatic carbocycles. The average Bonchev–Trinajstić information content (AvgIpc) is 2.84. The Morgan fingerprint density at radius 3 is 2.57 bits per heavy atom. The van der Waals surface area contributed by atoms with Gasteiger partial charge < -0.3 is 9.47 Å². The van der Waals surface area contributed by atoms with E-state index in [2.05, 4.69) is 4.90 Å². The normalized spacial score (nSPS) is 36.6. The Hall–Kier alpha value is -1.49. The predicted octanol–water partition coefficient (Wildman–Crippen LogP) is 2.51. The summed E-state index contributed by atoms with van der Waals surface area (Å²) in [6.07, 6.45) is 2.56. The maximum atomic E-state index is 14.8. The van der Waals surface area contributed by atoms with E-state index in [1.807, 2.05) is 13.8 Å². The summed E-state index contributed by atoms with van der Waals surface area (Å²) >= 11 is 0. The zero-order chi connectivity index (χ0) is 17.0. The summed E-state index contributed by atoms with van der Waals surface area (Å²) < 4.78 is 16.3. The summed E-state index contributed by atoms with van der Waals surface area (Å²) in [6.45, 7) is 10.00. The van der Waals surface area contributed by atoms with Crippen LogP contribution in [0.3, 0.4) is 0 Å². The third-order valence-corrected chi connectivity index (χ3v) is 6.75. The standard InChI is InChI=1S/C18H25FN2O2/c1-13(22)14-6-5-8-21(15(14)23)11-10-20-9-7-16(2)17(3,12-20)18(16,4)19/h5-6,8H,7,9-12H2,1-4H3. The summed E-state index contributed by atoms with van der Waals surface area (Å²) in [5.41, 5.74) is -1.65. The van der Waals surface area contributed by atoms with Crippen LogP contribution in [0.1, 0.15) is 44.5 Å². The number of halogens is 1. The first-order valence-electron chi connectivity index (χ1n) is 8.26. The van der Waals surface area contributed by atoms with Crippen molar-refractivity contribution in [2.75, 3.05) is 19.6 Å². The molecular formula is C18H25FN2O2. The average molecular weight is 320 g/mol. The number of aromatic nitrogens is 1. The topological polar surface area (TPSA) is 42.3 Å². The smallest absolute Gasteiger partial charge is 0.261 e. The van der Waals surface area contributed by atoms with Gasteiger partial charge in [0.25, 0.3) is 5.56 Å². The number of carbonyl (C=O) groups is 1. The van der Waals surface area contributed by atoms with Crippen molar-refractivity contribution >= 4 is 5.78 Å². The van der Waals surface area contributed by atoms with Gasteiger partial charge in [0.05, 0.1) is 5.56 Å². The molecule has 4 nitrogen and oxygen atoms in total. The van der Waals surface area contributed by atoms with Gasteiger partial charge >= 0.3 is 0 Å². The first-order chi connectivity index (χ1) is 10.6. The van der Waals surface area contributed by atoms with Gasteiger partial charge in [0, 0.05) is 36.7 Å². The summed E-state index contributed by atoms with van der Waals surface area (Å²) in [7, 11) is 0. The number of alkyl halides is 1. The van der Waals surface area contributed by atoms with Crippen molar-refractivity contribution in [2.24, 2.45) is 10.8 Å². The predicted molar refractivity (Wildman–Crippen MR) is 87.5 cm³/mol. The highest BCUT2D eigenvalue weighted by molar-refractivity contribution is 5.93. The van der Waals surface area contributed by atoms with Crippen LogP contribution in [0, 0.1) is 10.8 Å². The van der Waals surface area contributed by atoms with Gasteiger partial charge in [0.1, 0.15) is 5.67 Å². The molecule has 0 bridgehead atoms. The molecular weight excluding hydrogens is 295 g/mol. The Labute approximate surface area is 136 Å². The summed E-state index contributed by atoms with van der Waals surface area (Å²) in [6, 6.07) is 3.29. The lowest BCUT2D eigenvalue weighted by Gasteiger charge is -2.33. The van der Waals surface area contributed by atoms with E-state index >= 15 is 0 Å². The Bertz CT molecular complexity index is 711. The van der Waals surface area contributed by atoms with Gasteiger partial charge in [-0.15, -0.1) is 0 Å². The van der Waals surface area contributed by atoms with E-state index in [9.17, 15) is 14.0 Å². The Kier molecular flexibility index (Phi) is 3.56. The number of nitrogens with zero attached hydrogens (tertiary/aromatic N) is 2. The molecule has 3 atom stereocenters. The van der Waals surface area contributed by atoms with Crippen molar-refractivity contribution in [1.29, 1.82) is 0 Å². The van der Waals surface area contributed by atoms with Gasteiger partial charge in [-0.3, -0.25) is 9.59 Å². The van der Waals surface area contributed by atoms with Gasteiger partial charge in [-0.2, -0.15) is 0 Å². The van der Waals surface area contributed by atoms with Gasteiger partial charge in [-0.1, -0.05) is 13.8 Å². The number of pyridine rings is 1. The maximum absolute atomic E-state index is 14.8. The van der Waals surface area contributed by atoms with Gasteiger partial charge in [0.2, 0.25) is 0 Å². The molecule has 2 fully saturated rings. The van der Waals surface area contributed by atoms with Crippen LogP contribution in [0.25, 0.3) is 0 Å². The molecule has 1 saturated carbocycles. The first kappa shape index (κ1) is 16.4. The van der Waals surface area contributed by atoms with Gasteiger partial charge in [-0.05, 0) is 38.9 Å². The molecule has 0 spiro atoms. The second kappa shape index (κ2) is 5.00. The molecule has 2 heterocycles. The van der Waals surface area contributed by atoms with E-state index in [-0.39, 0.29) is 27.7 Å². The van der Waals surface area contributed by atoms with Crippen LogP contribution in [-0.4, -0.2) is 40.6 Å². The van der Waals surface area contributed by atoms with Crippen LogP contribution in [0.4, 0.5) is 4.39 Å². The molecule has 3 rings (SSSR count). The van der Waals surface area contributed by atoms with Crippen LogP contribution in [0.15, 0.2) is 23.1 Å². The van der Waals surface area contributed by atoms with Crippen molar-refractivity contribution in [1.82, 2.24) is 9.47 Å². The van der Waals surface area contributed by atoms with Crippen LogP contribution in [0.2, 0.25) is 0 Å². The van der Waals surface area contributed by atoms with Crippen molar-refractivity contribution in [2.45, 2.75) is 46.3 Å². The highest BCUT2D eigenvalue weighted by Crippen LogP contribution is 2.76. The quantitative estimate of drug-likeness (QED) is 0.801. The third kappa shape index (κ3) is 2.12. The highest BCUT2D eigenvalue weighted by atomic mass is 19.1. The van der Waals surface area contributed by atoms with E-state index in [0.717, 1.165) is 19.5 Å². The SMILES string of the molecule is CC(=O)c1cccn(CCN2CCC3(C)C(C)(F)C3(C)C2)c1=O. The number of Topliss-reactive ketones (excluding diaryl/α,β-unsaturated/α-hetero) is 1. The van der Waals surface area contributed by atoms with Gasteiger partial charge in [0.15, 0.2) is 5.78 Å². The van der Waals surface area contributed by atoms with E-state index in [4.69, 9.17) is 0 Å². The number of carbonyl (C=O) groups excluding carboxylic acids is 1. The number of piperidine rings is 1. The Balaban J connectivity index is 1.68. The lowest BCUT2D eigenvalue weighted by Crippen LogP contribution is -2.41. The summed E-state index contributed by atoms with van der Waals surface area (Å²) in [5.74, 6) is -0.211. The second-order valence-electron chi connectivity index (χ2n) is 7.67. The molecule has 23 heavy (non-hydrogen) atoms. The third-order valence-electron chi connectivity index (χ3n) is 6.75. The second-order valence-corrected chi connectivity index (χ2v) is 7.67. The number of hydrogen-bond donors (Lipinski definition) is 0. The fourth-order valence-corrected chi connectivity index (χ4v) is 4.41. The number of hydrogen-bond acceptors (Lipinski definition) is 3. The van der Waals surface area contributed by atoms with Crippen LogP contribution < -0.4 is 5.56 Å². The molecule has 5 heteroatoms. The van der Waals surface area contributed by atoms with Crippen molar-refractivity contribution in [3.63, 3.8) is 0 Å². The van der Waals surface area contributed by atoms with Crippen molar-refractivity contribution in [3.05, 3.63) is 34.2 Å². The number of ketones is 1. The van der Waals surface area contributed by atoms with E-state index in [0.29, 0.717) is 13.1 Å². The lowest BCUT2D eigenvalue weighted by molar-refractivity contribution is 0.101. The molecule has 1 aliphatic heterocycles. The van der Waals surface area contributed by atoms with Crippen molar-refractivity contribution < 1.29 is 9.18 Å². The molecule has 0 amide bonds. The fourth-order valence-electron chi connectivity index (χ4n) is 4.41. The molecule has 1 aromatic heterocycles. The molecule has 126 valence electrons. The number of rotatable bonds is 4. The van der Waals surface area contributed by atoms with Gasteiger partial charge in [-0.25, -0.2) is 4.39 Å². The molecule has 1 saturated heterocycles. The molecule has 0 N–H and O–H groups in total. The minimum atomic E-state index is -1.11. The molecule has 1 aliphatic carbocycles. The molecule has 2 aliphatic rings. The fraction of sp³-hybridized carbons (Fsp3) is 0.667. The zero-order valence-electron chi connectivity index (χ0n) is 14.4. The largest absolute Gasteiger partial charge is 0.314 e. The van der Waals surface area contributed by atoms with E-state index in [1.54, 1.807) is 29.8 Å². The lowest BCUT2D eigenvalue weighted by atomic mass is 9.89. The number of likely N-dealkylation sites (tertiary alicyclic amines) is 1. The minimum absolute atomic E-state index is 0.211. The van der Waals surface area contributed by atoms with Crippen molar-refractivity contribution in [3.8, 4) is 0 Å². The monoisotopic (exact) mass is 320 g/mol. The summed E-state index contributed by atoms with van der Waals surface area (Å²) in [4.78, 5) is 25.9. The maximum Gasteiger partial charge on any atom is 0.261 e. The minimum Gasteiger partial charge on any atom is -0.314 e. The molecule has 1 aromatic rings. The highest BCUT2D eigenvalue weighted by Gasteiger charge is 2.81. The van der Waals surface area contributed by atoms with Crippen LogP contribution in [0.5, 0.6) is 0 Å². The zero-order valence-corrected chi connectivity index (χ0v) is 14.4. The first-order valence-corrected chi connectivity index (χ1v) is 8.26. The Morgan fingerprint density at radius 2 is 1.96 bits per heavy atom. The van der Waals surface area contributed by atoms with Crippen LogP contribution in [-0.2, 0) is 6.54 Å².